The maximum Gasteiger partial charge on any atom is 0.471 e. The van der Waals surface area contributed by atoms with Crippen molar-refractivity contribution >= 4 is 17.7 Å². The van der Waals surface area contributed by atoms with Crippen molar-refractivity contribution in [1.29, 1.82) is 0 Å². The second-order valence-corrected chi connectivity index (χ2v) is 3.94. The lowest BCUT2D eigenvalue weighted by Gasteiger charge is -2.07. The summed E-state index contributed by atoms with van der Waals surface area (Å²) in [5.41, 5.74) is 0. The summed E-state index contributed by atoms with van der Waals surface area (Å²) < 4.78 is 39.9. The van der Waals surface area contributed by atoms with E-state index in [-0.39, 0.29) is 6.54 Å². The molecule has 0 heterocycles. The van der Waals surface area contributed by atoms with Crippen molar-refractivity contribution in [3.8, 4) is 0 Å². The Morgan fingerprint density at radius 3 is 2.60 bits per heavy atom. The standard InChI is InChI=1S/C8H14F3NO2S/c1-14-4-2-5-15-6-3-12-7(13)8(9,10)11/h2-6H2,1H3,(H,12,13). The van der Waals surface area contributed by atoms with Crippen molar-refractivity contribution in [1.82, 2.24) is 5.32 Å². The van der Waals surface area contributed by atoms with Gasteiger partial charge in [0, 0.05) is 26.0 Å². The van der Waals surface area contributed by atoms with Crippen LogP contribution in [0.25, 0.3) is 0 Å². The van der Waals surface area contributed by atoms with E-state index in [1.807, 2.05) is 0 Å². The van der Waals surface area contributed by atoms with Gasteiger partial charge in [0.2, 0.25) is 0 Å². The third-order valence-corrected chi connectivity index (χ3v) is 2.50. The van der Waals surface area contributed by atoms with Gasteiger partial charge >= 0.3 is 12.1 Å². The van der Waals surface area contributed by atoms with Gasteiger partial charge in [0.25, 0.3) is 0 Å². The smallest absolute Gasteiger partial charge is 0.385 e. The van der Waals surface area contributed by atoms with Crippen molar-refractivity contribution in [3.63, 3.8) is 0 Å². The Morgan fingerprint density at radius 1 is 1.40 bits per heavy atom. The van der Waals surface area contributed by atoms with Crippen LogP contribution in [0.2, 0.25) is 0 Å². The number of amides is 1. The Morgan fingerprint density at radius 2 is 2.07 bits per heavy atom. The van der Waals surface area contributed by atoms with Crippen LogP contribution in [0.1, 0.15) is 6.42 Å². The summed E-state index contributed by atoms with van der Waals surface area (Å²) in [6.45, 7) is 0.678. The van der Waals surface area contributed by atoms with Crippen LogP contribution in [-0.4, -0.2) is 43.9 Å². The molecule has 0 atom stereocenters. The Hall–Kier alpha value is -0.430. The number of methoxy groups -OCH3 is 1. The van der Waals surface area contributed by atoms with Crippen LogP contribution in [-0.2, 0) is 9.53 Å². The van der Waals surface area contributed by atoms with Crippen LogP contribution in [0.5, 0.6) is 0 Å². The fourth-order valence-corrected chi connectivity index (χ4v) is 1.52. The lowest BCUT2D eigenvalue weighted by molar-refractivity contribution is -0.173. The highest BCUT2D eigenvalue weighted by Gasteiger charge is 2.38. The van der Waals surface area contributed by atoms with Crippen LogP contribution in [0, 0.1) is 0 Å². The van der Waals surface area contributed by atoms with E-state index < -0.39 is 12.1 Å². The summed E-state index contributed by atoms with van der Waals surface area (Å²) in [5.74, 6) is -0.582. The van der Waals surface area contributed by atoms with Crippen molar-refractivity contribution in [2.45, 2.75) is 12.6 Å². The molecule has 0 aliphatic carbocycles. The average Bonchev–Trinajstić information content (AvgIpc) is 2.14. The van der Waals surface area contributed by atoms with Crippen LogP contribution >= 0.6 is 11.8 Å². The lowest BCUT2D eigenvalue weighted by atomic mass is 10.5. The van der Waals surface area contributed by atoms with Gasteiger partial charge in [0.15, 0.2) is 0 Å². The second kappa shape index (κ2) is 7.81. The number of hydrogen-bond donors (Lipinski definition) is 1. The third-order valence-electron chi connectivity index (χ3n) is 1.43. The van der Waals surface area contributed by atoms with E-state index in [0.717, 1.165) is 12.2 Å². The summed E-state index contributed by atoms with van der Waals surface area (Å²) in [4.78, 5) is 10.3. The van der Waals surface area contributed by atoms with Crippen molar-refractivity contribution in [2.24, 2.45) is 0 Å². The summed E-state index contributed by atoms with van der Waals surface area (Å²) in [6.07, 6.45) is -3.92. The molecule has 3 nitrogen and oxygen atoms in total. The number of alkyl halides is 3. The Kier molecular flexibility index (Phi) is 7.59. The highest BCUT2D eigenvalue weighted by Crippen LogP contribution is 2.13. The molecule has 0 aromatic rings. The van der Waals surface area contributed by atoms with Crippen molar-refractivity contribution in [3.05, 3.63) is 0 Å². The number of rotatable bonds is 7. The zero-order valence-electron chi connectivity index (χ0n) is 8.39. The maximum atomic E-state index is 11.7. The van der Waals surface area contributed by atoms with Crippen LogP contribution in [0.3, 0.4) is 0 Å². The largest absolute Gasteiger partial charge is 0.471 e. The molecule has 0 fully saturated rings. The first kappa shape index (κ1) is 14.6. The van der Waals surface area contributed by atoms with Gasteiger partial charge < -0.3 is 10.1 Å². The Labute approximate surface area is 90.7 Å². The van der Waals surface area contributed by atoms with Crippen molar-refractivity contribution in [2.75, 3.05) is 31.8 Å². The molecule has 0 spiro atoms. The Balaban J connectivity index is 3.28. The quantitative estimate of drug-likeness (QED) is 0.690. The highest BCUT2D eigenvalue weighted by molar-refractivity contribution is 7.99. The number of carbonyl (C=O) groups excluding carboxylic acids is 1. The molecule has 0 saturated carbocycles. The van der Waals surface area contributed by atoms with Gasteiger partial charge in [0.1, 0.15) is 0 Å². The fourth-order valence-electron chi connectivity index (χ4n) is 0.744. The van der Waals surface area contributed by atoms with E-state index >= 15 is 0 Å². The second-order valence-electron chi connectivity index (χ2n) is 2.71. The first-order valence-corrected chi connectivity index (χ1v) is 5.55. The van der Waals surface area contributed by atoms with Gasteiger partial charge in [-0.2, -0.15) is 24.9 Å². The zero-order chi connectivity index (χ0) is 11.7. The number of hydrogen-bond acceptors (Lipinski definition) is 3. The summed E-state index contributed by atoms with van der Waals surface area (Å²) in [6, 6.07) is 0. The number of ether oxygens (including phenoxy) is 1. The highest BCUT2D eigenvalue weighted by atomic mass is 32.2. The molecule has 1 N–H and O–H groups in total. The number of carbonyl (C=O) groups is 1. The minimum absolute atomic E-state index is 0.0377. The molecule has 15 heavy (non-hydrogen) atoms. The molecule has 90 valence electrons. The molecule has 0 aromatic carbocycles. The summed E-state index contributed by atoms with van der Waals surface area (Å²) in [5, 5.41) is 1.80. The minimum Gasteiger partial charge on any atom is -0.385 e. The van der Waals surface area contributed by atoms with Gasteiger partial charge in [-0.25, -0.2) is 0 Å². The number of halogens is 3. The van der Waals surface area contributed by atoms with E-state index in [0.29, 0.717) is 12.4 Å². The van der Waals surface area contributed by atoms with Crippen LogP contribution in [0.4, 0.5) is 13.2 Å². The molecule has 0 aliphatic rings. The minimum atomic E-state index is -4.78. The molecule has 0 unspecified atom stereocenters. The fraction of sp³-hybridized carbons (Fsp3) is 0.875. The number of thioether (sulfide) groups is 1. The third kappa shape index (κ3) is 8.56. The first-order valence-electron chi connectivity index (χ1n) is 4.40. The van der Waals surface area contributed by atoms with Gasteiger partial charge in [-0.1, -0.05) is 0 Å². The maximum absolute atomic E-state index is 11.7. The van der Waals surface area contributed by atoms with E-state index in [1.165, 1.54) is 11.8 Å². The summed E-state index contributed by atoms with van der Waals surface area (Å²) in [7, 11) is 1.59. The number of nitrogens with one attached hydrogen (secondary N) is 1. The van der Waals surface area contributed by atoms with Crippen molar-refractivity contribution < 1.29 is 22.7 Å². The van der Waals surface area contributed by atoms with Crippen LogP contribution < -0.4 is 5.32 Å². The molecule has 0 aromatic heterocycles. The normalized spacial score (nSPS) is 11.5. The Bertz CT molecular complexity index is 187. The first-order chi connectivity index (χ1) is 6.98. The predicted octanol–water partition coefficient (Wildman–Crippen LogP) is 1.43. The molecular formula is C8H14F3NO2S. The van der Waals surface area contributed by atoms with Gasteiger partial charge in [-0.05, 0) is 12.2 Å². The molecule has 7 heteroatoms. The molecule has 0 saturated heterocycles. The monoisotopic (exact) mass is 245 g/mol. The molecule has 0 bridgehead atoms. The van der Waals surface area contributed by atoms with Gasteiger partial charge in [0.05, 0.1) is 0 Å². The van der Waals surface area contributed by atoms with E-state index in [9.17, 15) is 18.0 Å². The molecule has 0 aliphatic heterocycles. The molecular weight excluding hydrogens is 231 g/mol. The van der Waals surface area contributed by atoms with E-state index in [4.69, 9.17) is 4.74 Å². The SMILES string of the molecule is COCCCSCCNC(=O)C(F)(F)F. The topological polar surface area (TPSA) is 38.3 Å². The van der Waals surface area contributed by atoms with Gasteiger partial charge in [-0.15, -0.1) is 0 Å². The van der Waals surface area contributed by atoms with E-state index in [2.05, 4.69) is 0 Å². The molecule has 0 rings (SSSR count). The lowest BCUT2D eigenvalue weighted by Crippen LogP contribution is -2.37. The van der Waals surface area contributed by atoms with E-state index in [1.54, 1.807) is 12.4 Å². The van der Waals surface area contributed by atoms with Gasteiger partial charge in [-0.3, -0.25) is 4.79 Å². The van der Waals surface area contributed by atoms with Crippen LogP contribution in [0.15, 0.2) is 0 Å². The predicted molar refractivity (Wildman–Crippen MR) is 52.9 cm³/mol. The molecule has 0 radical (unpaired) electrons. The summed E-state index contributed by atoms with van der Waals surface area (Å²) >= 11 is 1.48. The average molecular weight is 245 g/mol. The zero-order valence-corrected chi connectivity index (χ0v) is 9.21. The molecule has 1 amide bonds.